The predicted molar refractivity (Wildman–Crippen MR) is 126 cm³/mol. The smallest absolute Gasteiger partial charge is 0.416 e. The molecule has 2 aliphatic rings. The second-order valence-electron chi connectivity index (χ2n) is 8.47. The van der Waals surface area contributed by atoms with Crippen molar-refractivity contribution < 1.29 is 37.0 Å². The van der Waals surface area contributed by atoms with Gasteiger partial charge in [0.2, 0.25) is 6.79 Å². The van der Waals surface area contributed by atoms with E-state index in [1.165, 1.54) is 12.1 Å². The van der Waals surface area contributed by atoms with E-state index in [4.69, 9.17) is 23.8 Å². The molecule has 5 rings (SSSR count). The predicted octanol–water partition coefficient (Wildman–Crippen LogP) is 6.05. The summed E-state index contributed by atoms with van der Waals surface area (Å²) < 4.78 is 60.3. The molecule has 1 fully saturated rings. The number of hydrogen-bond donors (Lipinski definition) is 0. The SMILES string of the molecule is COc1ccc(/C(=N/OCCOc2cccc(C(F)(F)F)c2)[C@H]2C[C@H]2c2ccc3c(c2)OCO3)cc1. The van der Waals surface area contributed by atoms with Crippen molar-refractivity contribution in [2.24, 2.45) is 11.1 Å². The van der Waals surface area contributed by atoms with Crippen LogP contribution in [0, 0.1) is 5.92 Å². The molecule has 0 amide bonds. The Morgan fingerprint density at radius 1 is 0.944 bits per heavy atom. The highest BCUT2D eigenvalue weighted by Crippen LogP contribution is 2.51. The average Bonchev–Trinajstić information content (AvgIpc) is 3.53. The van der Waals surface area contributed by atoms with Crippen molar-refractivity contribution in [2.75, 3.05) is 27.1 Å². The molecule has 6 nitrogen and oxygen atoms in total. The van der Waals surface area contributed by atoms with Gasteiger partial charge < -0.3 is 23.8 Å². The first-order valence-electron chi connectivity index (χ1n) is 11.5. The first-order chi connectivity index (χ1) is 17.4. The van der Waals surface area contributed by atoms with Crippen LogP contribution in [0.2, 0.25) is 0 Å². The number of ether oxygens (including phenoxy) is 4. The first-order valence-corrected chi connectivity index (χ1v) is 11.5. The van der Waals surface area contributed by atoms with E-state index in [0.29, 0.717) is 0 Å². The third-order valence-electron chi connectivity index (χ3n) is 6.12. The van der Waals surface area contributed by atoms with E-state index < -0.39 is 11.7 Å². The topological polar surface area (TPSA) is 58.5 Å². The lowest BCUT2D eigenvalue weighted by Crippen LogP contribution is -2.10. The molecular weight excluding hydrogens is 475 g/mol. The van der Waals surface area contributed by atoms with Gasteiger partial charge in [-0.1, -0.05) is 17.3 Å². The number of rotatable bonds is 9. The molecule has 0 radical (unpaired) electrons. The zero-order chi connectivity index (χ0) is 25.1. The largest absolute Gasteiger partial charge is 0.497 e. The van der Waals surface area contributed by atoms with Crippen LogP contribution in [0.25, 0.3) is 0 Å². The molecule has 3 aromatic carbocycles. The van der Waals surface area contributed by atoms with Crippen LogP contribution in [0.5, 0.6) is 23.0 Å². The van der Waals surface area contributed by atoms with Crippen LogP contribution < -0.4 is 18.9 Å². The second kappa shape index (κ2) is 10.0. The van der Waals surface area contributed by atoms with Crippen LogP contribution in [0.1, 0.15) is 29.0 Å². The maximum Gasteiger partial charge on any atom is 0.416 e. The van der Waals surface area contributed by atoms with Crippen LogP contribution in [-0.2, 0) is 11.0 Å². The van der Waals surface area contributed by atoms with Crippen molar-refractivity contribution in [3.05, 3.63) is 83.4 Å². The molecule has 0 aromatic heterocycles. The van der Waals surface area contributed by atoms with Gasteiger partial charge in [0.05, 0.1) is 18.4 Å². The van der Waals surface area contributed by atoms with E-state index in [2.05, 4.69) is 5.16 Å². The number of alkyl halides is 3. The Morgan fingerprint density at radius 3 is 2.53 bits per heavy atom. The molecule has 1 heterocycles. The standard InChI is InChI=1S/C27H24F3NO5/c1-32-20-8-5-17(6-9-20)26(23-15-22(23)18-7-10-24-25(13-18)35-16-34-24)31-36-12-11-33-21-4-2-3-19(14-21)27(28,29)30/h2-10,13-14,22-23H,11-12,15-16H2,1H3/b31-26-/t22-,23-/m0/s1. The van der Waals surface area contributed by atoms with E-state index in [1.54, 1.807) is 7.11 Å². The quantitative estimate of drug-likeness (QED) is 0.204. The number of hydrogen-bond acceptors (Lipinski definition) is 6. The van der Waals surface area contributed by atoms with Gasteiger partial charge in [-0.15, -0.1) is 0 Å². The number of nitrogens with zero attached hydrogens (tertiary/aromatic N) is 1. The highest BCUT2D eigenvalue weighted by molar-refractivity contribution is 6.04. The van der Waals surface area contributed by atoms with Crippen LogP contribution in [-0.4, -0.2) is 32.8 Å². The zero-order valence-corrected chi connectivity index (χ0v) is 19.5. The lowest BCUT2D eigenvalue weighted by molar-refractivity contribution is -0.137. The summed E-state index contributed by atoms with van der Waals surface area (Å²) in [6, 6.07) is 18.3. The summed E-state index contributed by atoms with van der Waals surface area (Å²) in [7, 11) is 1.61. The summed E-state index contributed by atoms with van der Waals surface area (Å²) in [6.07, 6.45) is -3.53. The lowest BCUT2D eigenvalue weighted by Gasteiger charge is -2.11. The van der Waals surface area contributed by atoms with E-state index in [-0.39, 0.29) is 37.6 Å². The maximum absolute atomic E-state index is 12.9. The Hall–Kier alpha value is -3.88. The van der Waals surface area contributed by atoms with Crippen molar-refractivity contribution >= 4 is 5.71 Å². The maximum atomic E-state index is 12.9. The summed E-state index contributed by atoms with van der Waals surface area (Å²) in [5.41, 5.74) is 2.07. The van der Waals surface area contributed by atoms with Gasteiger partial charge in [-0.25, -0.2) is 0 Å². The first kappa shape index (κ1) is 23.8. The van der Waals surface area contributed by atoms with Gasteiger partial charge in [0.25, 0.3) is 0 Å². The Labute approximate surface area is 206 Å². The van der Waals surface area contributed by atoms with Crippen LogP contribution in [0.3, 0.4) is 0 Å². The average molecular weight is 499 g/mol. The number of halogens is 3. The molecule has 0 spiro atoms. The molecular formula is C27H24F3NO5. The van der Waals surface area contributed by atoms with Crippen molar-refractivity contribution in [3.63, 3.8) is 0 Å². The molecule has 1 aliphatic heterocycles. The summed E-state index contributed by atoms with van der Waals surface area (Å²) in [5, 5.41) is 4.41. The molecule has 1 aliphatic carbocycles. The van der Waals surface area contributed by atoms with Gasteiger partial charge >= 0.3 is 6.18 Å². The van der Waals surface area contributed by atoms with E-state index in [1.807, 2.05) is 42.5 Å². The molecule has 36 heavy (non-hydrogen) atoms. The Morgan fingerprint density at radius 2 is 1.75 bits per heavy atom. The number of benzene rings is 3. The summed E-state index contributed by atoms with van der Waals surface area (Å²) in [4.78, 5) is 5.55. The van der Waals surface area contributed by atoms with Crippen molar-refractivity contribution in [1.82, 2.24) is 0 Å². The van der Waals surface area contributed by atoms with Crippen LogP contribution in [0.4, 0.5) is 13.2 Å². The lowest BCUT2D eigenvalue weighted by atomic mass is 10.0. The molecule has 188 valence electrons. The van der Waals surface area contributed by atoms with Gasteiger partial charge in [0.1, 0.15) is 18.1 Å². The second-order valence-corrected chi connectivity index (χ2v) is 8.47. The molecule has 0 N–H and O–H groups in total. The number of fused-ring (bicyclic) bond motifs is 1. The fourth-order valence-corrected chi connectivity index (χ4v) is 4.18. The monoisotopic (exact) mass is 499 g/mol. The summed E-state index contributed by atoms with van der Waals surface area (Å²) >= 11 is 0. The minimum atomic E-state index is -4.42. The molecule has 3 aromatic rings. The fraction of sp³-hybridized carbons (Fsp3) is 0.296. The van der Waals surface area contributed by atoms with Crippen molar-refractivity contribution in [2.45, 2.75) is 18.5 Å². The Bertz CT molecular complexity index is 1240. The highest BCUT2D eigenvalue weighted by atomic mass is 19.4. The van der Waals surface area contributed by atoms with Gasteiger partial charge in [-0.3, -0.25) is 0 Å². The summed E-state index contributed by atoms with van der Waals surface area (Å²) in [5.74, 6) is 2.73. The molecule has 0 unspecified atom stereocenters. The van der Waals surface area contributed by atoms with Crippen molar-refractivity contribution in [3.8, 4) is 23.0 Å². The highest BCUT2D eigenvalue weighted by Gasteiger charge is 2.43. The minimum Gasteiger partial charge on any atom is -0.497 e. The summed E-state index contributed by atoms with van der Waals surface area (Å²) in [6.45, 7) is 0.357. The molecule has 0 saturated heterocycles. The molecule has 0 bridgehead atoms. The van der Waals surface area contributed by atoms with E-state index in [9.17, 15) is 13.2 Å². The molecule has 9 heteroatoms. The van der Waals surface area contributed by atoms with Crippen molar-refractivity contribution in [1.29, 1.82) is 0 Å². The number of oxime groups is 1. The Kier molecular flexibility index (Phi) is 6.63. The normalized spacial score (nSPS) is 18.6. The molecule has 2 atom stereocenters. The van der Waals surface area contributed by atoms with E-state index >= 15 is 0 Å². The number of methoxy groups -OCH3 is 1. The zero-order valence-electron chi connectivity index (χ0n) is 19.5. The fourth-order valence-electron chi connectivity index (χ4n) is 4.18. The minimum absolute atomic E-state index is 0.0525. The van der Waals surface area contributed by atoms with Gasteiger partial charge in [-0.05, 0) is 78.1 Å². The third-order valence-corrected chi connectivity index (χ3v) is 6.12. The van der Waals surface area contributed by atoms with Crippen LogP contribution >= 0.6 is 0 Å². The molecule has 1 saturated carbocycles. The van der Waals surface area contributed by atoms with E-state index in [0.717, 1.165) is 52.6 Å². The van der Waals surface area contributed by atoms with Gasteiger partial charge in [0.15, 0.2) is 18.1 Å². The third kappa shape index (κ3) is 5.35. The Balaban J connectivity index is 1.25. The van der Waals surface area contributed by atoms with Crippen LogP contribution in [0.15, 0.2) is 71.9 Å². The van der Waals surface area contributed by atoms with Gasteiger partial charge in [-0.2, -0.15) is 13.2 Å². The van der Waals surface area contributed by atoms with Gasteiger partial charge in [0, 0.05) is 5.92 Å².